The number of phenolic OH excluding ortho intramolecular Hbond substituents is 1. The van der Waals surface area contributed by atoms with Crippen LogP contribution in [0.15, 0.2) is 30.3 Å². The van der Waals surface area contributed by atoms with Crippen LogP contribution < -0.4 is 4.74 Å². The van der Waals surface area contributed by atoms with Crippen molar-refractivity contribution in [2.75, 3.05) is 0 Å². The molecule has 1 heterocycles. The second kappa shape index (κ2) is 4.59. The predicted octanol–water partition coefficient (Wildman–Crippen LogP) is 3.68. The van der Waals surface area contributed by atoms with E-state index in [1.54, 1.807) is 18.2 Å². The van der Waals surface area contributed by atoms with E-state index in [0.717, 1.165) is 6.07 Å². The van der Waals surface area contributed by atoms with E-state index in [9.17, 15) is 9.50 Å². The van der Waals surface area contributed by atoms with Crippen LogP contribution in [0, 0.1) is 12.7 Å². The molecule has 0 unspecified atom stereocenters. The molecule has 1 aromatic carbocycles. The van der Waals surface area contributed by atoms with Crippen molar-refractivity contribution in [3.8, 4) is 17.4 Å². The van der Waals surface area contributed by atoms with Gasteiger partial charge in [-0.2, -0.15) is 0 Å². The first kappa shape index (κ1) is 11.7. The Morgan fingerprint density at radius 3 is 2.76 bits per heavy atom. The number of hydrogen-bond donors (Lipinski definition) is 1. The summed E-state index contributed by atoms with van der Waals surface area (Å²) in [5.41, 5.74) is 0.180. The first-order chi connectivity index (χ1) is 8.08. The summed E-state index contributed by atoms with van der Waals surface area (Å²) in [6.45, 7) is 1.50. The summed E-state index contributed by atoms with van der Waals surface area (Å²) in [6, 6.07) is 7.51. The molecule has 0 atom stereocenters. The Bertz CT molecular complexity index is 560. The number of pyridine rings is 1. The van der Waals surface area contributed by atoms with Crippen LogP contribution >= 0.6 is 11.6 Å². The van der Waals surface area contributed by atoms with Crippen LogP contribution in [0.5, 0.6) is 17.4 Å². The van der Waals surface area contributed by atoms with E-state index in [2.05, 4.69) is 4.98 Å². The third kappa shape index (κ3) is 2.47. The number of aromatic nitrogens is 1. The molecule has 0 bridgehead atoms. The van der Waals surface area contributed by atoms with Gasteiger partial charge in [0, 0.05) is 0 Å². The van der Waals surface area contributed by atoms with Gasteiger partial charge in [-0.3, -0.25) is 0 Å². The van der Waals surface area contributed by atoms with Crippen molar-refractivity contribution < 1.29 is 14.2 Å². The molecule has 1 N–H and O–H groups in total. The molecule has 0 spiro atoms. The van der Waals surface area contributed by atoms with Crippen LogP contribution in [0.3, 0.4) is 0 Å². The number of ether oxygens (including phenoxy) is 1. The molecule has 0 amide bonds. The molecule has 0 fully saturated rings. The lowest BCUT2D eigenvalue weighted by molar-refractivity contribution is 0.401. The summed E-state index contributed by atoms with van der Waals surface area (Å²) in [4.78, 5) is 3.87. The predicted molar refractivity (Wildman–Crippen MR) is 62.1 cm³/mol. The molecule has 17 heavy (non-hydrogen) atoms. The van der Waals surface area contributed by atoms with Crippen LogP contribution in [-0.2, 0) is 0 Å². The minimum absolute atomic E-state index is 0.0349. The van der Waals surface area contributed by atoms with E-state index in [4.69, 9.17) is 16.3 Å². The van der Waals surface area contributed by atoms with Gasteiger partial charge in [0.2, 0.25) is 5.88 Å². The SMILES string of the molecule is Cc1nc(Oc2ccccc2O)c(Cl)cc1F. The van der Waals surface area contributed by atoms with Gasteiger partial charge in [-0.1, -0.05) is 23.7 Å². The molecule has 1 aromatic heterocycles. The maximum atomic E-state index is 13.1. The molecule has 0 aliphatic rings. The average Bonchev–Trinajstić information content (AvgIpc) is 2.29. The molecule has 0 aliphatic carbocycles. The molecule has 3 nitrogen and oxygen atoms in total. The Hall–Kier alpha value is -1.81. The average molecular weight is 254 g/mol. The zero-order chi connectivity index (χ0) is 12.4. The summed E-state index contributed by atoms with van der Waals surface area (Å²) in [5, 5.41) is 9.57. The summed E-state index contributed by atoms with van der Waals surface area (Å²) in [5.74, 6) is -0.257. The van der Waals surface area contributed by atoms with Crippen LogP contribution in [-0.4, -0.2) is 10.1 Å². The smallest absolute Gasteiger partial charge is 0.238 e. The number of para-hydroxylation sites is 2. The zero-order valence-electron chi connectivity index (χ0n) is 8.95. The summed E-state index contributed by atoms with van der Waals surface area (Å²) in [7, 11) is 0. The molecule has 5 heteroatoms. The number of phenols is 1. The van der Waals surface area contributed by atoms with E-state index in [1.807, 2.05) is 0 Å². The van der Waals surface area contributed by atoms with Crippen LogP contribution in [0.25, 0.3) is 0 Å². The summed E-state index contributed by atoms with van der Waals surface area (Å²) >= 11 is 5.79. The molecule has 2 rings (SSSR count). The second-order valence-electron chi connectivity index (χ2n) is 3.41. The van der Waals surface area contributed by atoms with Crippen LogP contribution in [0.1, 0.15) is 5.69 Å². The molecule has 0 saturated heterocycles. The topological polar surface area (TPSA) is 42.4 Å². The number of halogens is 2. The highest BCUT2D eigenvalue weighted by Crippen LogP contribution is 2.33. The van der Waals surface area contributed by atoms with Crippen molar-refractivity contribution in [3.05, 3.63) is 46.9 Å². The molecule has 0 saturated carbocycles. The normalized spacial score (nSPS) is 10.3. The molecule has 0 aliphatic heterocycles. The number of rotatable bonds is 2. The van der Waals surface area contributed by atoms with Crippen molar-refractivity contribution in [1.29, 1.82) is 0 Å². The highest BCUT2D eigenvalue weighted by molar-refractivity contribution is 6.31. The van der Waals surface area contributed by atoms with Gasteiger partial charge in [-0.05, 0) is 25.1 Å². The highest BCUT2D eigenvalue weighted by Gasteiger charge is 2.11. The van der Waals surface area contributed by atoms with E-state index in [0.29, 0.717) is 0 Å². The van der Waals surface area contributed by atoms with E-state index >= 15 is 0 Å². The Balaban J connectivity index is 2.37. The van der Waals surface area contributed by atoms with Crippen molar-refractivity contribution in [2.24, 2.45) is 0 Å². The van der Waals surface area contributed by atoms with E-state index < -0.39 is 5.82 Å². The van der Waals surface area contributed by atoms with Gasteiger partial charge < -0.3 is 9.84 Å². The molecular formula is C12H9ClFNO2. The maximum Gasteiger partial charge on any atom is 0.238 e. The van der Waals surface area contributed by atoms with Crippen LogP contribution in [0.2, 0.25) is 5.02 Å². The van der Waals surface area contributed by atoms with E-state index in [-0.39, 0.29) is 28.1 Å². The minimum Gasteiger partial charge on any atom is -0.504 e. The van der Waals surface area contributed by atoms with Gasteiger partial charge in [-0.25, -0.2) is 9.37 Å². The fourth-order valence-corrected chi connectivity index (χ4v) is 1.43. The molecule has 2 aromatic rings. The first-order valence-electron chi connectivity index (χ1n) is 4.86. The fourth-order valence-electron chi connectivity index (χ4n) is 1.26. The Morgan fingerprint density at radius 2 is 2.06 bits per heavy atom. The number of hydrogen-bond acceptors (Lipinski definition) is 3. The number of benzene rings is 1. The lowest BCUT2D eigenvalue weighted by atomic mass is 10.3. The quantitative estimate of drug-likeness (QED) is 0.888. The summed E-state index contributed by atoms with van der Waals surface area (Å²) in [6.07, 6.45) is 0. The van der Waals surface area contributed by atoms with Gasteiger partial charge in [0.1, 0.15) is 10.8 Å². The second-order valence-corrected chi connectivity index (χ2v) is 3.82. The largest absolute Gasteiger partial charge is 0.504 e. The van der Waals surface area contributed by atoms with Crippen LogP contribution in [0.4, 0.5) is 4.39 Å². The monoisotopic (exact) mass is 253 g/mol. The zero-order valence-corrected chi connectivity index (χ0v) is 9.70. The van der Waals surface area contributed by atoms with Gasteiger partial charge >= 0.3 is 0 Å². The van der Waals surface area contributed by atoms with Crippen molar-refractivity contribution in [3.63, 3.8) is 0 Å². The number of nitrogens with zero attached hydrogens (tertiary/aromatic N) is 1. The lowest BCUT2D eigenvalue weighted by Gasteiger charge is -2.08. The molecule has 0 radical (unpaired) electrons. The Morgan fingerprint density at radius 1 is 1.35 bits per heavy atom. The third-order valence-corrected chi connectivity index (χ3v) is 2.42. The van der Waals surface area contributed by atoms with Gasteiger partial charge in [-0.15, -0.1) is 0 Å². The summed E-state index contributed by atoms with van der Waals surface area (Å²) < 4.78 is 18.4. The standard InChI is InChI=1S/C12H9ClFNO2/c1-7-9(14)6-8(13)12(15-7)17-11-5-3-2-4-10(11)16/h2-6,16H,1H3. The third-order valence-electron chi connectivity index (χ3n) is 2.14. The first-order valence-corrected chi connectivity index (χ1v) is 5.24. The van der Waals surface area contributed by atoms with Gasteiger partial charge in [0.15, 0.2) is 11.5 Å². The number of aryl methyl sites for hydroxylation is 1. The maximum absolute atomic E-state index is 13.1. The van der Waals surface area contributed by atoms with Gasteiger partial charge in [0.25, 0.3) is 0 Å². The minimum atomic E-state index is -0.500. The Kier molecular flexibility index (Phi) is 3.15. The fraction of sp³-hybridized carbons (Fsp3) is 0.0833. The molecule has 88 valence electrons. The van der Waals surface area contributed by atoms with Crippen molar-refractivity contribution in [2.45, 2.75) is 6.92 Å². The highest BCUT2D eigenvalue weighted by atomic mass is 35.5. The molecular weight excluding hydrogens is 245 g/mol. The van der Waals surface area contributed by atoms with E-state index in [1.165, 1.54) is 13.0 Å². The van der Waals surface area contributed by atoms with Crippen molar-refractivity contribution in [1.82, 2.24) is 4.98 Å². The Labute approximate surface area is 102 Å². The lowest BCUT2D eigenvalue weighted by Crippen LogP contribution is -1.94. The number of aromatic hydroxyl groups is 1. The van der Waals surface area contributed by atoms with Gasteiger partial charge in [0.05, 0.1) is 5.69 Å². The van der Waals surface area contributed by atoms with Crippen molar-refractivity contribution >= 4 is 11.6 Å².